The molecule has 124 valence electrons. The highest BCUT2D eigenvalue weighted by molar-refractivity contribution is 5.76. The molecule has 0 aliphatic rings. The molecule has 1 N–H and O–H groups in total. The number of likely N-dealkylation sites (N-methyl/N-ethyl adjacent to an activating group) is 1. The van der Waals surface area contributed by atoms with Gasteiger partial charge >= 0.3 is 0 Å². The molecule has 0 spiro atoms. The Kier molecular flexibility index (Phi) is 5.44. The summed E-state index contributed by atoms with van der Waals surface area (Å²) in [5, 5.41) is 13.8. The highest BCUT2D eigenvalue weighted by Gasteiger charge is 2.21. The molecule has 0 atom stereocenters. The molecule has 2 rings (SSSR count). The average Bonchev–Trinajstić information content (AvgIpc) is 2.99. The van der Waals surface area contributed by atoms with Crippen molar-refractivity contribution in [2.24, 2.45) is 0 Å². The number of aryl methyl sites for hydroxylation is 1. The van der Waals surface area contributed by atoms with Crippen molar-refractivity contribution in [2.45, 2.75) is 39.2 Å². The molecule has 0 saturated carbocycles. The Morgan fingerprint density at radius 2 is 2.04 bits per heavy atom. The number of aromatic nitrogens is 3. The van der Waals surface area contributed by atoms with Crippen LogP contribution >= 0.6 is 0 Å². The van der Waals surface area contributed by atoms with E-state index < -0.39 is 5.60 Å². The molecule has 7 nitrogen and oxygen atoms in total. The fraction of sp³-hybridized carbons (Fsp3) is 0.500. The number of aliphatic hydroxyl groups is 1. The van der Waals surface area contributed by atoms with Gasteiger partial charge in [0.2, 0.25) is 17.6 Å². The minimum atomic E-state index is -0.912. The number of hydrogen-bond donors (Lipinski definition) is 1. The first-order chi connectivity index (χ1) is 10.9. The van der Waals surface area contributed by atoms with Crippen LogP contribution in [0.4, 0.5) is 0 Å². The lowest BCUT2D eigenvalue weighted by atomic mass is 10.1. The van der Waals surface area contributed by atoms with Crippen molar-refractivity contribution in [1.29, 1.82) is 0 Å². The Labute approximate surface area is 135 Å². The topological polar surface area (TPSA) is 92.3 Å². The van der Waals surface area contributed by atoms with Crippen LogP contribution in [0.15, 0.2) is 29.0 Å². The molecule has 0 bridgehead atoms. The molecule has 0 saturated heterocycles. The quantitative estimate of drug-likeness (QED) is 0.835. The lowest BCUT2D eigenvalue weighted by Gasteiger charge is -2.28. The lowest BCUT2D eigenvalue weighted by Crippen LogP contribution is -2.42. The van der Waals surface area contributed by atoms with E-state index in [2.05, 4.69) is 15.1 Å². The van der Waals surface area contributed by atoms with E-state index in [1.807, 2.05) is 6.92 Å². The Bertz CT molecular complexity index is 634. The maximum absolute atomic E-state index is 12.2. The first-order valence-electron chi connectivity index (χ1n) is 7.62. The normalized spacial score (nSPS) is 11.5. The molecule has 23 heavy (non-hydrogen) atoms. The van der Waals surface area contributed by atoms with E-state index in [1.165, 1.54) is 0 Å². The molecule has 2 aromatic heterocycles. The monoisotopic (exact) mass is 318 g/mol. The van der Waals surface area contributed by atoms with Gasteiger partial charge in [-0.05, 0) is 32.9 Å². The number of nitrogens with zero attached hydrogens (tertiary/aromatic N) is 4. The third kappa shape index (κ3) is 5.14. The first kappa shape index (κ1) is 17.1. The molecule has 1 amide bonds. The summed E-state index contributed by atoms with van der Waals surface area (Å²) < 4.78 is 5.18. The maximum atomic E-state index is 12.2. The second-order valence-electron chi connectivity index (χ2n) is 5.97. The van der Waals surface area contributed by atoms with Crippen LogP contribution in [0.1, 0.15) is 33.1 Å². The Morgan fingerprint density at radius 1 is 1.35 bits per heavy atom. The van der Waals surface area contributed by atoms with Crippen molar-refractivity contribution in [2.75, 3.05) is 13.1 Å². The van der Waals surface area contributed by atoms with Crippen molar-refractivity contribution in [1.82, 2.24) is 20.0 Å². The molecular formula is C16H22N4O3. The summed E-state index contributed by atoms with van der Waals surface area (Å²) in [5.41, 5.74) is -0.0939. The molecule has 0 aromatic carbocycles. The van der Waals surface area contributed by atoms with E-state index in [4.69, 9.17) is 4.52 Å². The SMILES string of the molecule is CCN(CC(C)(C)O)C(=O)CCc1nc(-c2ccncc2)no1. The van der Waals surface area contributed by atoms with Crippen LogP contribution in [-0.2, 0) is 11.2 Å². The molecule has 0 aliphatic carbocycles. The summed E-state index contributed by atoms with van der Waals surface area (Å²) in [5.74, 6) is 0.862. The molecule has 7 heteroatoms. The van der Waals surface area contributed by atoms with E-state index in [1.54, 1.807) is 43.3 Å². The summed E-state index contributed by atoms with van der Waals surface area (Å²) in [6.45, 7) is 6.10. The van der Waals surface area contributed by atoms with Gasteiger partial charge in [0.15, 0.2) is 0 Å². The highest BCUT2D eigenvalue weighted by Crippen LogP contribution is 2.15. The number of carbonyl (C=O) groups is 1. The third-order valence-corrected chi connectivity index (χ3v) is 3.27. The summed E-state index contributed by atoms with van der Waals surface area (Å²) in [6.07, 6.45) is 3.95. The fourth-order valence-electron chi connectivity index (χ4n) is 2.19. The van der Waals surface area contributed by atoms with Crippen LogP contribution in [0, 0.1) is 0 Å². The highest BCUT2D eigenvalue weighted by atomic mass is 16.5. The molecule has 2 heterocycles. The van der Waals surface area contributed by atoms with E-state index in [0.717, 1.165) is 5.56 Å². The second kappa shape index (κ2) is 7.32. The third-order valence-electron chi connectivity index (χ3n) is 3.27. The van der Waals surface area contributed by atoms with E-state index in [-0.39, 0.29) is 12.3 Å². The molecule has 2 aromatic rings. The van der Waals surface area contributed by atoms with Gasteiger partial charge in [0.05, 0.1) is 5.60 Å². The van der Waals surface area contributed by atoms with Crippen LogP contribution in [0.25, 0.3) is 11.4 Å². The summed E-state index contributed by atoms with van der Waals surface area (Å²) in [6, 6.07) is 3.59. The maximum Gasteiger partial charge on any atom is 0.227 e. The first-order valence-corrected chi connectivity index (χ1v) is 7.62. The second-order valence-corrected chi connectivity index (χ2v) is 5.97. The van der Waals surface area contributed by atoms with Gasteiger partial charge in [0.1, 0.15) is 0 Å². The number of hydrogen-bond acceptors (Lipinski definition) is 6. The van der Waals surface area contributed by atoms with Crippen LogP contribution in [0.2, 0.25) is 0 Å². The Balaban J connectivity index is 1.93. The number of amides is 1. The molecule has 0 aliphatic heterocycles. The zero-order chi connectivity index (χ0) is 16.9. The molecular weight excluding hydrogens is 296 g/mol. The lowest BCUT2D eigenvalue weighted by molar-refractivity contribution is -0.134. The van der Waals surface area contributed by atoms with Gasteiger partial charge in [-0.2, -0.15) is 4.98 Å². The Hall–Kier alpha value is -2.28. The number of rotatable bonds is 7. The van der Waals surface area contributed by atoms with Gasteiger partial charge in [-0.15, -0.1) is 0 Å². The van der Waals surface area contributed by atoms with E-state index in [0.29, 0.717) is 31.2 Å². The van der Waals surface area contributed by atoms with Gasteiger partial charge < -0.3 is 14.5 Å². The van der Waals surface area contributed by atoms with Gasteiger partial charge in [-0.1, -0.05) is 5.16 Å². The van der Waals surface area contributed by atoms with E-state index >= 15 is 0 Å². The van der Waals surface area contributed by atoms with Crippen molar-refractivity contribution in [3.63, 3.8) is 0 Å². The minimum Gasteiger partial charge on any atom is -0.389 e. The summed E-state index contributed by atoms with van der Waals surface area (Å²) in [7, 11) is 0. The van der Waals surface area contributed by atoms with Crippen LogP contribution in [0.3, 0.4) is 0 Å². The van der Waals surface area contributed by atoms with Crippen molar-refractivity contribution in [3.8, 4) is 11.4 Å². The number of pyridine rings is 1. The van der Waals surface area contributed by atoms with Crippen LogP contribution < -0.4 is 0 Å². The van der Waals surface area contributed by atoms with Gasteiger partial charge in [-0.25, -0.2) is 0 Å². The van der Waals surface area contributed by atoms with Crippen LogP contribution in [0.5, 0.6) is 0 Å². The van der Waals surface area contributed by atoms with Gasteiger partial charge in [0, 0.05) is 43.9 Å². The fourth-order valence-corrected chi connectivity index (χ4v) is 2.19. The van der Waals surface area contributed by atoms with Gasteiger partial charge in [-0.3, -0.25) is 9.78 Å². The van der Waals surface area contributed by atoms with Gasteiger partial charge in [0.25, 0.3) is 0 Å². The molecule has 0 unspecified atom stereocenters. The molecule has 0 fully saturated rings. The average molecular weight is 318 g/mol. The minimum absolute atomic E-state index is 0.0433. The smallest absolute Gasteiger partial charge is 0.227 e. The summed E-state index contributed by atoms with van der Waals surface area (Å²) in [4.78, 5) is 22.1. The standard InChI is InChI=1S/C16H22N4O3/c1-4-20(11-16(2,3)22)14(21)6-5-13-18-15(19-23-13)12-7-9-17-10-8-12/h7-10,22H,4-6,11H2,1-3H3. The predicted molar refractivity (Wildman–Crippen MR) is 84.4 cm³/mol. The zero-order valence-corrected chi connectivity index (χ0v) is 13.7. The largest absolute Gasteiger partial charge is 0.389 e. The number of carbonyl (C=O) groups excluding carboxylic acids is 1. The van der Waals surface area contributed by atoms with Crippen molar-refractivity contribution >= 4 is 5.91 Å². The zero-order valence-electron chi connectivity index (χ0n) is 13.7. The predicted octanol–water partition coefficient (Wildman–Crippen LogP) is 1.68. The van der Waals surface area contributed by atoms with Crippen LogP contribution in [-0.4, -0.2) is 49.7 Å². The molecule has 0 radical (unpaired) electrons. The Morgan fingerprint density at radius 3 is 2.65 bits per heavy atom. The van der Waals surface area contributed by atoms with Crippen molar-refractivity contribution < 1.29 is 14.4 Å². The van der Waals surface area contributed by atoms with E-state index in [9.17, 15) is 9.90 Å². The van der Waals surface area contributed by atoms with Crippen molar-refractivity contribution in [3.05, 3.63) is 30.4 Å². The summed E-state index contributed by atoms with van der Waals surface area (Å²) >= 11 is 0.